The van der Waals surface area contributed by atoms with Gasteiger partial charge >= 0.3 is 0 Å². The Bertz CT molecular complexity index is 665. The standard InChI is InChI=1S/C18H22N2OS2/c1-11(2)13-7-5-8-14(12(3)4)16(13)19-18(22)20-17(21)15-9-6-10-23-15/h5-12H,1-4H3,(H2,19,20,21,22). The number of amides is 1. The Morgan fingerprint density at radius 3 is 2.13 bits per heavy atom. The number of carbonyl (C=O) groups is 1. The molecular formula is C18H22N2OS2. The van der Waals surface area contributed by atoms with Gasteiger partial charge in [0.1, 0.15) is 0 Å². The zero-order valence-corrected chi connectivity index (χ0v) is 15.5. The lowest BCUT2D eigenvalue weighted by Crippen LogP contribution is -2.34. The fraction of sp³-hybridized carbons (Fsp3) is 0.333. The molecule has 0 saturated carbocycles. The summed E-state index contributed by atoms with van der Waals surface area (Å²) in [5.41, 5.74) is 3.40. The smallest absolute Gasteiger partial charge is 0.267 e. The van der Waals surface area contributed by atoms with Crippen molar-refractivity contribution < 1.29 is 4.79 Å². The SMILES string of the molecule is CC(C)c1cccc(C(C)C)c1NC(=S)NC(=O)c1cccs1. The average molecular weight is 347 g/mol. The summed E-state index contributed by atoms with van der Waals surface area (Å²) in [5.74, 6) is 0.560. The summed E-state index contributed by atoms with van der Waals surface area (Å²) in [4.78, 5) is 12.8. The van der Waals surface area contributed by atoms with Gasteiger partial charge in [-0.15, -0.1) is 11.3 Å². The molecule has 0 aliphatic heterocycles. The molecule has 3 nitrogen and oxygen atoms in total. The van der Waals surface area contributed by atoms with E-state index in [9.17, 15) is 4.79 Å². The largest absolute Gasteiger partial charge is 0.332 e. The first kappa shape index (κ1) is 17.6. The monoisotopic (exact) mass is 346 g/mol. The molecule has 0 unspecified atom stereocenters. The molecule has 0 fully saturated rings. The Labute approximate surface area is 147 Å². The molecule has 1 aromatic heterocycles. The van der Waals surface area contributed by atoms with E-state index in [-0.39, 0.29) is 5.91 Å². The van der Waals surface area contributed by atoms with Crippen LogP contribution < -0.4 is 10.6 Å². The number of para-hydroxylation sites is 1. The van der Waals surface area contributed by atoms with Crippen LogP contribution in [0.5, 0.6) is 0 Å². The maximum atomic E-state index is 12.1. The highest BCUT2D eigenvalue weighted by Crippen LogP contribution is 2.32. The molecule has 0 spiro atoms. The van der Waals surface area contributed by atoms with Gasteiger partial charge in [-0.2, -0.15) is 0 Å². The second-order valence-corrected chi connectivity index (χ2v) is 7.36. The number of nitrogens with one attached hydrogen (secondary N) is 2. The van der Waals surface area contributed by atoms with Crippen molar-refractivity contribution in [3.63, 3.8) is 0 Å². The molecule has 0 bridgehead atoms. The lowest BCUT2D eigenvalue weighted by molar-refractivity contribution is 0.0981. The third-order valence-electron chi connectivity index (χ3n) is 3.58. The molecule has 0 radical (unpaired) electrons. The van der Waals surface area contributed by atoms with Gasteiger partial charge in [-0.1, -0.05) is 52.0 Å². The van der Waals surface area contributed by atoms with Gasteiger partial charge in [-0.3, -0.25) is 10.1 Å². The van der Waals surface area contributed by atoms with E-state index in [1.807, 2.05) is 11.4 Å². The number of hydrogen-bond acceptors (Lipinski definition) is 3. The molecule has 122 valence electrons. The Morgan fingerprint density at radius 1 is 1.04 bits per heavy atom. The van der Waals surface area contributed by atoms with Gasteiger partial charge in [0.2, 0.25) is 0 Å². The molecule has 1 aromatic carbocycles. The lowest BCUT2D eigenvalue weighted by atomic mass is 9.93. The van der Waals surface area contributed by atoms with Crippen LogP contribution in [0.2, 0.25) is 0 Å². The molecule has 23 heavy (non-hydrogen) atoms. The highest BCUT2D eigenvalue weighted by molar-refractivity contribution is 7.80. The summed E-state index contributed by atoms with van der Waals surface area (Å²) in [7, 11) is 0. The van der Waals surface area contributed by atoms with E-state index >= 15 is 0 Å². The first-order valence-corrected chi connectivity index (χ1v) is 8.97. The zero-order chi connectivity index (χ0) is 17.0. The Hall–Kier alpha value is -1.72. The van der Waals surface area contributed by atoms with Crippen molar-refractivity contribution in [1.82, 2.24) is 5.32 Å². The summed E-state index contributed by atoms with van der Waals surface area (Å²) < 4.78 is 0. The number of benzene rings is 1. The molecular weight excluding hydrogens is 324 g/mol. The molecule has 2 aromatic rings. The van der Waals surface area contributed by atoms with Crippen LogP contribution >= 0.6 is 23.6 Å². The van der Waals surface area contributed by atoms with Gasteiger partial charge in [0, 0.05) is 5.69 Å². The molecule has 1 heterocycles. The number of thiocarbonyl (C=S) groups is 1. The Balaban J connectivity index is 2.21. The van der Waals surface area contributed by atoms with Crippen LogP contribution in [0.25, 0.3) is 0 Å². The summed E-state index contributed by atoms with van der Waals surface area (Å²) in [6.07, 6.45) is 0. The minimum Gasteiger partial charge on any atom is -0.332 e. The van der Waals surface area contributed by atoms with Crippen molar-refractivity contribution in [2.75, 3.05) is 5.32 Å². The minimum atomic E-state index is -0.175. The number of anilines is 1. The molecule has 2 N–H and O–H groups in total. The van der Waals surface area contributed by atoms with Crippen molar-refractivity contribution in [2.45, 2.75) is 39.5 Å². The summed E-state index contributed by atoms with van der Waals surface area (Å²) in [5, 5.41) is 8.20. The zero-order valence-electron chi connectivity index (χ0n) is 13.8. The highest BCUT2D eigenvalue weighted by atomic mass is 32.1. The van der Waals surface area contributed by atoms with Gasteiger partial charge in [0.25, 0.3) is 5.91 Å². The molecule has 0 aliphatic rings. The lowest BCUT2D eigenvalue weighted by Gasteiger charge is -2.21. The van der Waals surface area contributed by atoms with Crippen molar-refractivity contribution in [2.24, 2.45) is 0 Å². The van der Waals surface area contributed by atoms with Gasteiger partial charge in [0.15, 0.2) is 5.11 Å². The van der Waals surface area contributed by atoms with Crippen molar-refractivity contribution >= 4 is 40.3 Å². The van der Waals surface area contributed by atoms with E-state index in [4.69, 9.17) is 12.2 Å². The molecule has 0 atom stereocenters. The van der Waals surface area contributed by atoms with Gasteiger partial charge in [-0.05, 0) is 46.6 Å². The number of thiophene rings is 1. The van der Waals surface area contributed by atoms with Crippen LogP contribution in [0.4, 0.5) is 5.69 Å². The maximum absolute atomic E-state index is 12.1. The minimum absolute atomic E-state index is 0.175. The normalized spacial score (nSPS) is 10.9. The number of hydrogen-bond donors (Lipinski definition) is 2. The Kier molecular flexibility index (Phi) is 5.91. The molecule has 5 heteroatoms. The number of rotatable bonds is 4. The van der Waals surface area contributed by atoms with E-state index in [0.717, 1.165) is 5.69 Å². The van der Waals surface area contributed by atoms with Crippen LogP contribution in [-0.4, -0.2) is 11.0 Å². The third-order valence-corrected chi connectivity index (χ3v) is 4.66. The van der Waals surface area contributed by atoms with Gasteiger partial charge < -0.3 is 5.32 Å². The second-order valence-electron chi connectivity index (χ2n) is 6.01. The van der Waals surface area contributed by atoms with E-state index in [1.54, 1.807) is 6.07 Å². The van der Waals surface area contributed by atoms with Crippen LogP contribution in [0.1, 0.15) is 60.3 Å². The fourth-order valence-electron chi connectivity index (χ4n) is 2.41. The molecule has 2 rings (SSSR count). The van der Waals surface area contributed by atoms with Crippen molar-refractivity contribution in [1.29, 1.82) is 0 Å². The number of carbonyl (C=O) groups excluding carboxylic acids is 1. The summed E-state index contributed by atoms with van der Waals surface area (Å²) in [6.45, 7) is 8.60. The quantitative estimate of drug-likeness (QED) is 0.755. The van der Waals surface area contributed by atoms with E-state index < -0.39 is 0 Å². The van der Waals surface area contributed by atoms with Crippen LogP contribution in [0.15, 0.2) is 35.7 Å². The van der Waals surface area contributed by atoms with Crippen molar-refractivity contribution in [3.05, 3.63) is 51.7 Å². The predicted molar refractivity (Wildman–Crippen MR) is 103 cm³/mol. The summed E-state index contributed by atoms with van der Waals surface area (Å²) >= 11 is 6.74. The van der Waals surface area contributed by atoms with Crippen molar-refractivity contribution in [3.8, 4) is 0 Å². The average Bonchev–Trinajstić information content (AvgIpc) is 3.01. The molecule has 1 amide bonds. The Morgan fingerprint density at radius 2 is 1.65 bits per heavy atom. The first-order valence-electron chi connectivity index (χ1n) is 7.68. The van der Waals surface area contributed by atoms with Crippen LogP contribution in [-0.2, 0) is 0 Å². The van der Waals surface area contributed by atoms with E-state index in [2.05, 4.69) is 56.5 Å². The van der Waals surface area contributed by atoms with Gasteiger partial charge in [0.05, 0.1) is 4.88 Å². The van der Waals surface area contributed by atoms with Crippen LogP contribution in [0, 0.1) is 0 Å². The first-order chi connectivity index (χ1) is 10.9. The highest BCUT2D eigenvalue weighted by Gasteiger charge is 2.16. The van der Waals surface area contributed by atoms with E-state index in [1.165, 1.54) is 22.5 Å². The fourth-order valence-corrected chi connectivity index (χ4v) is 3.23. The van der Waals surface area contributed by atoms with E-state index in [0.29, 0.717) is 21.8 Å². The second kappa shape index (κ2) is 7.70. The maximum Gasteiger partial charge on any atom is 0.267 e. The topological polar surface area (TPSA) is 41.1 Å². The summed E-state index contributed by atoms with van der Waals surface area (Å²) in [6, 6.07) is 9.90. The van der Waals surface area contributed by atoms with Gasteiger partial charge in [-0.25, -0.2) is 0 Å². The molecule has 0 saturated heterocycles. The molecule has 0 aliphatic carbocycles. The van der Waals surface area contributed by atoms with Crippen LogP contribution in [0.3, 0.4) is 0 Å². The third kappa shape index (κ3) is 4.39. The predicted octanol–water partition coefficient (Wildman–Crippen LogP) is 5.12.